The smallest absolute Gasteiger partial charge is 0.179 e. The summed E-state index contributed by atoms with van der Waals surface area (Å²) in [6, 6.07) is 2.55. The standard InChI is InChI=1S/C14H19N3S/c1-9-3-5-11(6-4-9)17-13-12(16-14(17)18)10(2)7-8-15-13/h7-9,11H,3-6H2,1-2H3,(H,16,18). The molecule has 0 unspecified atom stereocenters. The first-order valence-electron chi connectivity index (χ1n) is 6.72. The lowest BCUT2D eigenvalue weighted by molar-refractivity contribution is 0.291. The summed E-state index contributed by atoms with van der Waals surface area (Å²) < 4.78 is 3.06. The van der Waals surface area contributed by atoms with Crippen molar-refractivity contribution in [2.24, 2.45) is 5.92 Å². The molecule has 0 aromatic carbocycles. The van der Waals surface area contributed by atoms with Gasteiger partial charge in [0.1, 0.15) is 0 Å². The molecule has 0 atom stereocenters. The van der Waals surface area contributed by atoms with Gasteiger partial charge in [-0.3, -0.25) is 4.57 Å². The van der Waals surface area contributed by atoms with Crippen LogP contribution in [0.3, 0.4) is 0 Å². The number of hydrogen-bond donors (Lipinski definition) is 1. The summed E-state index contributed by atoms with van der Waals surface area (Å²) in [5, 5.41) is 0. The van der Waals surface area contributed by atoms with Gasteiger partial charge in [-0.25, -0.2) is 4.98 Å². The Balaban J connectivity index is 2.09. The highest BCUT2D eigenvalue weighted by Crippen LogP contribution is 2.34. The van der Waals surface area contributed by atoms with Crippen LogP contribution in [0, 0.1) is 17.6 Å². The summed E-state index contributed by atoms with van der Waals surface area (Å²) in [6.45, 7) is 4.44. The highest BCUT2D eigenvalue weighted by atomic mass is 32.1. The number of H-pyrrole nitrogens is 1. The highest BCUT2D eigenvalue weighted by Gasteiger charge is 2.22. The fourth-order valence-corrected chi connectivity index (χ4v) is 3.32. The molecule has 0 aliphatic heterocycles. The van der Waals surface area contributed by atoms with Crippen molar-refractivity contribution >= 4 is 23.4 Å². The van der Waals surface area contributed by atoms with Crippen LogP contribution in [0.2, 0.25) is 0 Å². The molecule has 0 spiro atoms. The van der Waals surface area contributed by atoms with E-state index in [1.54, 1.807) is 0 Å². The summed E-state index contributed by atoms with van der Waals surface area (Å²) in [6.07, 6.45) is 6.91. The van der Waals surface area contributed by atoms with Crippen molar-refractivity contribution in [2.75, 3.05) is 0 Å². The Hall–Kier alpha value is -1.16. The third-order valence-electron chi connectivity index (χ3n) is 4.17. The number of nitrogens with zero attached hydrogens (tertiary/aromatic N) is 2. The minimum Gasteiger partial charge on any atom is -0.329 e. The van der Waals surface area contributed by atoms with Gasteiger partial charge < -0.3 is 4.98 Å². The van der Waals surface area contributed by atoms with Gasteiger partial charge in [0.2, 0.25) is 0 Å². The zero-order chi connectivity index (χ0) is 12.7. The van der Waals surface area contributed by atoms with E-state index in [1.807, 2.05) is 12.3 Å². The third-order valence-corrected chi connectivity index (χ3v) is 4.47. The van der Waals surface area contributed by atoms with Gasteiger partial charge in [-0.15, -0.1) is 0 Å². The topological polar surface area (TPSA) is 33.6 Å². The van der Waals surface area contributed by atoms with E-state index in [0.717, 1.165) is 21.9 Å². The van der Waals surface area contributed by atoms with E-state index in [4.69, 9.17) is 12.2 Å². The molecule has 1 saturated carbocycles. The van der Waals surface area contributed by atoms with Crippen molar-refractivity contribution in [3.63, 3.8) is 0 Å². The van der Waals surface area contributed by atoms with Crippen LogP contribution >= 0.6 is 12.2 Å². The quantitative estimate of drug-likeness (QED) is 0.782. The van der Waals surface area contributed by atoms with Crippen molar-refractivity contribution < 1.29 is 0 Å². The Morgan fingerprint density at radius 2 is 2.06 bits per heavy atom. The molecule has 96 valence electrons. The van der Waals surface area contributed by atoms with Crippen LogP contribution in [0.15, 0.2) is 12.3 Å². The number of nitrogens with one attached hydrogen (secondary N) is 1. The Morgan fingerprint density at radius 3 is 2.78 bits per heavy atom. The molecule has 3 nitrogen and oxygen atoms in total. The molecule has 0 amide bonds. The van der Waals surface area contributed by atoms with E-state index >= 15 is 0 Å². The maximum atomic E-state index is 5.49. The first-order valence-corrected chi connectivity index (χ1v) is 7.13. The minimum absolute atomic E-state index is 0.525. The molecule has 0 radical (unpaired) electrons. The maximum Gasteiger partial charge on any atom is 0.179 e. The van der Waals surface area contributed by atoms with E-state index in [1.165, 1.54) is 31.2 Å². The molecule has 1 aliphatic rings. The molecular weight excluding hydrogens is 242 g/mol. The Labute approximate surface area is 112 Å². The number of hydrogen-bond acceptors (Lipinski definition) is 2. The molecule has 1 N–H and O–H groups in total. The fraction of sp³-hybridized carbons (Fsp3) is 0.571. The van der Waals surface area contributed by atoms with Gasteiger partial charge in [-0.2, -0.15) is 0 Å². The first-order chi connectivity index (χ1) is 8.66. The van der Waals surface area contributed by atoms with Crippen LogP contribution in [0.1, 0.15) is 44.2 Å². The predicted molar refractivity (Wildman–Crippen MR) is 76.3 cm³/mol. The Morgan fingerprint density at radius 1 is 1.33 bits per heavy atom. The zero-order valence-electron chi connectivity index (χ0n) is 10.9. The SMILES string of the molecule is Cc1ccnc2c1[nH]c(=S)n2C1CCC(C)CC1. The third kappa shape index (κ3) is 1.88. The molecule has 1 fully saturated rings. The van der Waals surface area contributed by atoms with Gasteiger partial charge in [0.15, 0.2) is 10.4 Å². The molecule has 0 bridgehead atoms. The number of pyridine rings is 1. The summed E-state index contributed by atoms with van der Waals surface area (Å²) >= 11 is 5.49. The number of aryl methyl sites for hydroxylation is 1. The number of imidazole rings is 1. The van der Waals surface area contributed by atoms with Crippen molar-refractivity contribution in [3.8, 4) is 0 Å². The van der Waals surface area contributed by atoms with Gasteiger partial charge in [0.05, 0.1) is 5.52 Å². The first kappa shape index (κ1) is 11.9. The second kappa shape index (κ2) is 4.50. The van der Waals surface area contributed by atoms with Gasteiger partial charge in [0.25, 0.3) is 0 Å². The van der Waals surface area contributed by atoms with E-state index < -0.39 is 0 Å². The van der Waals surface area contributed by atoms with Crippen LogP contribution in [-0.2, 0) is 0 Å². The predicted octanol–water partition coefficient (Wildman–Crippen LogP) is 4.15. The van der Waals surface area contributed by atoms with Gasteiger partial charge in [-0.1, -0.05) is 6.92 Å². The monoisotopic (exact) mass is 261 g/mol. The normalized spacial score (nSPS) is 24.6. The summed E-state index contributed by atoms with van der Waals surface area (Å²) in [5.74, 6) is 0.857. The average molecular weight is 261 g/mol. The molecule has 2 heterocycles. The minimum atomic E-state index is 0.525. The van der Waals surface area contributed by atoms with Gasteiger partial charge in [0, 0.05) is 12.2 Å². The Bertz CT molecular complexity index is 617. The number of aromatic amines is 1. The fourth-order valence-electron chi connectivity index (χ4n) is 2.98. The molecular formula is C14H19N3S. The lowest BCUT2D eigenvalue weighted by Gasteiger charge is -2.27. The van der Waals surface area contributed by atoms with Crippen molar-refractivity contribution in [2.45, 2.75) is 45.6 Å². The van der Waals surface area contributed by atoms with Crippen molar-refractivity contribution in [3.05, 3.63) is 22.6 Å². The largest absolute Gasteiger partial charge is 0.329 e. The second-order valence-corrected chi connectivity index (χ2v) is 5.93. The highest BCUT2D eigenvalue weighted by molar-refractivity contribution is 7.71. The van der Waals surface area contributed by atoms with E-state index in [0.29, 0.717) is 6.04 Å². The molecule has 4 heteroatoms. The van der Waals surface area contributed by atoms with Gasteiger partial charge >= 0.3 is 0 Å². The van der Waals surface area contributed by atoms with Crippen LogP contribution < -0.4 is 0 Å². The van der Waals surface area contributed by atoms with Crippen LogP contribution in [0.25, 0.3) is 11.2 Å². The summed E-state index contributed by atoms with van der Waals surface area (Å²) in [5.41, 5.74) is 3.34. The van der Waals surface area contributed by atoms with Crippen molar-refractivity contribution in [1.82, 2.24) is 14.5 Å². The number of aromatic nitrogens is 3. The van der Waals surface area contributed by atoms with Crippen LogP contribution in [0.5, 0.6) is 0 Å². The number of fused-ring (bicyclic) bond motifs is 1. The van der Waals surface area contributed by atoms with Crippen LogP contribution in [-0.4, -0.2) is 14.5 Å². The van der Waals surface area contributed by atoms with E-state index in [2.05, 4.69) is 28.4 Å². The van der Waals surface area contributed by atoms with E-state index in [9.17, 15) is 0 Å². The molecule has 3 rings (SSSR count). The molecule has 0 saturated heterocycles. The molecule has 2 aromatic heterocycles. The summed E-state index contributed by atoms with van der Waals surface area (Å²) in [4.78, 5) is 7.84. The maximum absolute atomic E-state index is 5.49. The Kier molecular flexibility index (Phi) is 2.98. The lowest BCUT2D eigenvalue weighted by atomic mass is 9.87. The van der Waals surface area contributed by atoms with Gasteiger partial charge in [-0.05, 0) is 62.4 Å². The molecule has 2 aromatic rings. The zero-order valence-corrected chi connectivity index (χ0v) is 11.8. The van der Waals surface area contributed by atoms with E-state index in [-0.39, 0.29) is 0 Å². The molecule has 1 aliphatic carbocycles. The molecule has 18 heavy (non-hydrogen) atoms. The van der Waals surface area contributed by atoms with Crippen molar-refractivity contribution in [1.29, 1.82) is 0 Å². The second-order valence-electron chi connectivity index (χ2n) is 5.54. The van der Waals surface area contributed by atoms with Crippen LogP contribution in [0.4, 0.5) is 0 Å². The summed E-state index contributed by atoms with van der Waals surface area (Å²) in [7, 11) is 0. The lowest BCUT2D eigenvalue weighted by Crippen LogP contribution is -2.17. The average Bonchev–Trinajstić information content (AvgIpc) is 2.69. The number of rotatable bonds is 1.